The van der Waals surface area contributed by atoms with Crippen molar-refractivity contribution >= 4 is 5.97 Å². The summed E-state index contributed by atoms with van der Waals surface area (Å²) in [5, 5.41) is 12.5. The highest BCUT2D eigenvalue weighted by atomic mass is 16.5. The highest BCUT2D eigenvalue weighted by molar-refractivity contribution is 5.80. The number of ether oxygens (including phenoxy) is 1. The Kier molecular flexibility index (Phi) is 4.92. The highest BCUT2D eigenvalue weighted by Crippen LogP contribution is 2.27. The summed E-state index contributed by atoms with van der Waals surface area (Å²) in [6, 6.07) is 7.07. The molecule has 0 radical (unpaired) electrons. The maximum Gasteiger partial charge on any atom is 0.328 e. The van der Waals surface area contributed by atoms with E-state index in [9.17, 15) is 9.90 Å². The van der Waals surface area contributed by atoms with Crippen LogP contribution in [0, 0.1) is 0 Å². The summed E-state index contributed by atoms with van der Waals surface area (Å²) in [6.45, 7) is 5.88. The van der Waals surface area contributed by atoms with Crippen LogP contribution in [0.2, 0.25) is 0 Å². The van der Waals surface area contributed by atoms with Crippen LogP contribution in [-0.4, -0.2) is 24.7 Å². The summed E-state index contributed by atoms with van der Waals surface area (Å²) >= 11 is 0. The third kappa shape index (κ3) is 2.71. The van der Waals surface area contributed by atoms with Crippen LogP contribution in [0.1, 0.15) is 18.9 Å². The summed E-state index contributed by atoms with van der Waals surface area (Å²) < 4.78 is 5.07. The van der Waals surface area contributed by atoms with Crippen LogP contribution >= 0.6 is 0 Å². The van der Waals surface area contributed by atoms with Gasteiger partial charge in [0.05, 0.1) is 7.11 Å². The van der Waals surface area contributed by atoms with E-state index in [1.807, 2.05) is 6.92 Å². The van der Waals surface area contributed by atoms with E-state index in [1.54, 1.807) is 37.5 Å². The molecule has 0 aliphatic carbocycles. The molecule has 1 aromatic carbocycles. The van der Waals surface area contributed by atoms with Crippen molar-refractivity contribution in [2.45, 2.75) is 18.9 Å². The first kappa shape index (κ1) is 14.3. The normalized spacial score (nSPS) is 13.7. The fourth-order valence-corrected chi connectivity index (χ4v) is 1.90. The van der Waals surface area contributed by atoms with Gasteiger partial charge in [-0.2, -0.15) is 0 Å². The van der Waals surface area contributed by atoms with Gasteiger partial charge in [-0.25, -0.2) is 4.79 Å². The Morgan fingerprint density at radius 2 is 2.11 bits per heavy atom. The molecule has 0 fully saturated rings. The molecule has 0 amide bonds. The van der Waals surface area contributed by atoms with E-state index in [2.05, 4.69) is 11.9 Å². The van der Waals surface area contributed by atoms with Gasteiger partial charge in [0.15, 0.2) is 0 Å². The second-order valence-corrected chi connectivity index (χ2v) is 3.96. The lowest BCUT2D eigenvalue weighted by molar-refractivity contribution is -0.145. The topological polar surface area (TPSA) is 58.6 Å². The molecule has 4 nitrogen and oxygen atoms in total. The Labute approximate surface area is 107 Å². The van der Waals surface area contributed by atoms with Crippen molar-refractivity contribution in [3.8, 4) is 5.75 Å². The molecule has 18 heavy (non-hydrogen) atoms. The number of aliphatic carboxylic acids is 1. The van der Waals surface area contributed by atoms with Gasteiger partial charge >= 0.3 is 5.97 Å². The zero-order valence-electron chi connectivity index (χ0n) is 10.8. The van der Waals surface area contributed by atoms with E-state index >= 15 is 0 Å². The number of benzene rings is 1. The van der Waals surface area contributed by atoms with Gasteiger partial charge in [-0.1, -0.05) is 25.1 Å². The molecule has 0 aliphatic heterocycles. The number of hydrogen-bond acceptors (Lipinski definition) is 3. The van der Waals surface area contributed by atoms with Crippen LogP contribution in [0.15, 0.2) is 36.9 Å². The zero-order valence-corrected chi connectivity index (χ0v) is 10.8. The van der Waals surface area contributed by atoms with Crippen molar-refractivity contribution in [1.82, 2.24) is 5.32 Å². The highest BCUT2D eigenvalue weighted by Gasteiger charge is 2.37. The fraction of sp³-hybridized carbons (Fsp3) is 0.357. The van der Waals surface area contributed by atoms with Crippen LogP contribution in [0.25, 0.3) is 0 Å². The minimum atomic E-state index is -1.08. The van der Waals surface area contributed by atoms with Crippen LogP contribution in [0.4, 0.5) is 0 Å². The molecular weight excluding hydrogens is 230 g/mol. The Balaban J connectivity index is 3.14. The molecule has 0 saturated heterocycles. The third-order valence-electron chi connectivity index (χ3n) is 3.03. The summed E-state index contributed by atoms with van der Waals surface area (Å²) in [6.07, 6.45) is 2.10. The van der Waals surface area contributed by atoms with E-state index in [0.717, 1.165) is 0 Å². The third-order valence-corrected chi connectivity index (χ3v) is 3.03. The molecule has 1 rings (SSSR count). The van der Waals surface area contributed by atoms with Crippen LogP contribution in [0.5, 0.6) is 5.75 Å². The van der Waals surface area contributed by atoms with E-state index in [1.165, 1.54) is 0 Å². The summed E-state index contributed by atoms with van der Waals surface area (Å²) in [5.74, 6) is -0.185. The molecule has 4 heteroatoms. The minimum Gasteiger partial charge on any atom is -0.497 e. The maximum absolute atomic E-state index is 11.6. The van der Waals surface area contributed by atoms with Crippen molar-refractivity contribution in [1.29, 1.82) is 0 Å². The lowest BCUT2D eigenvalue weighted by Gasteiger charge is -2.29. The van der Waals surface area contributed by atoms with E-state index in [0.29, 0.717) is 24.3 Å². The van der Waals surface area contributed by atoms with Crippen LogP contribution < -0.4 is 10.1 Å². The Hall–Kier alpha value is -1.81. The first-order valence-electron chi connectivity index (χ1n) is 5.84. The molecule has 0 saturated carbocycles. The second kappa shape index (κ2) is 6.21. The Morgan fingerprint density at radius 1 is 1.50 bits per heavy atom. The average Bonchev–Trinajstić information content (AvgIpc) is 2.40. The largest absolute Gasteiger partial charge is 0.497 e. The monoisotopic (exact) mass is 249 g/mol. The maximum atomic E-state index is 11.6. The van der Waals surface area contributed by atoms with Gasteiger partial charge in [-0.3, -0.25) is 5.32 Å². The van der Waals surface area contributed by atoms with Crippen LogP contribution in [0.3, 0.4) is 0 Å². The molecule has 0 aliphatic rings. The fourth-order valence-electron chi connectivity index (χ4n) is 1.90. The quantitative estimate of drug-likeness (QED) is 0.727. The van der Waals surface area contributed by atoms with Crippen LogP contribution in [-0.2, 0) is 10.3 Å². The number of methoxy groups -OCH3 is 1. The van der Waals surface area contributed by atoms with Gasteiger partial charge in [-0.15, -0.1) is 6.58 Å². The van der Waals surface area contributed by atoms with Gasteiger partial charge in [0.1, 0.15) is 11.3 Å². The van der Waals surface area contributed by atoms with Gasteiger partial charge in [-0.05, 0) is 24.1 Å². The SMILES string of the molecule is C=CCNC(CC)(C(=O)O)c1ccc(OC)cc1. The minimum absolute atomic E-state index is 0.437. The molecule has 1 atom stereocenters. The summed E-state index contributed by atoms with van der Waals surface area (Å²) in [4.78, 5) is 11.6. The van der Waals surface area contributed by atoms with Crippen molar-refractivity contribution in [3.63, 3.8) is 0 Å². The number of carbonyl (C=O) groups is 1. The molecule has 0 aromatic heterocycles. The number of hydrogen-bond donors (Lipinski definition) is 2. The summed E-state index contributed by atoms with van der Waals surface area (Å²) in [7, 11) is 1.58. The number of carboxylic acid groups (broad SMARTS) is 1. The van der Waals surface area contributed by atoms with Crippen molar-refractivity contribution in [3.05, 3.63) is 42.5 Å². The molecule has 0 bridgehead atoms. The van der Waals surface area contributed by atoms with Gasteiger partial charge in [0, 0.05) is 6.54 Å². The van der Waals surface area contributed by atoms with E-state index in [-0.39, 0.29) is 0 Å². The van der Waals surface area contributed by atoms with Gasteiger partial charge in [0.25, 0.3) is 0 Å². The molecule has 0 heterocycles. The zero-order chi connectivity index (χ0) is 13.6. The van der Waals surface area contributed by atoms with Crippen molar-refractivity contribution in [2.75, 3.05) is 13.7 Å². The number of nitrogens with one attached hydrogen (secondary N) is 1. The Bertz CT molecular complexity index is 414. The van der Waals surface area contributed by atoms with E-state index in [4.69, 9.17) is 4.74 Å². The smallest absolute Gasteiger partial charge is 0.328 e. The predicted molar refractivity (Wildman–Crippen MR) is 70.8 cm³/mol. The molecule has 1 unspecified atom stereocenters. The average molecular weight is 249 g/mol. The first-order valence-corrected chi connectivity index (χ1v) is 5.84. The predicted octanol–water partition coefficient (Wildman–Crippen LogP) is 2.16. The molecule has 1 aromatic rings. The summed E-state index contributed by atoms with van der Waals surface area (Å²) in [5.41, 5.74) is -0.374. The van der Waals surface area contributed by atoms with Crippen molar-refractivity contribution in [2.24, 2.45) is 0 Å². The van der Waals surface area contributed by atoms with Gasteiger partial charge < -0.3 is 9.84 Å². The first-order chi connectivity index (χ1) is 8.60. The lowest BCUT2D eigenvalue weighted by atomic mass is 9.87. The lowest BCUT2D eigenvalue weighted by Crippen LogP contribution is -2.48. The molecular formula is C14H19NO3. The molecule has 98 valence electrons. The van der Waals surface area contributed by atoms with Crippen molar-refractivity contribution < 1.29 is 14.6 Å². The Morgan fingerprint density at radius 3 is 2.50 bits per heavy atom. The number of rotatable bonds is 7. The van der Waals surface area contributed by atoms with E-state index < -0.39 is 11.5 Å². The van der Waals surface area contributed by atoms with Gasteiger partial charge in [0.2, 0.25) is 0 Å². The number of carboxylic acids is 1. The molecule has 2 N–H and O–H groups in total. The second-order valence-electron chi connectivity index (χ2n) is 3.96. The molecule has 0 spiro atoms. The standard InChI is InChI=1S/C14H19NO3/c1-4-10-15-14(5-2,13(16)17)11-6-8-12(18-3)9-7-11/h4,6-9,15H,1,5,10H2,2-3H3,(H,16,17).